The molecule has 0 saturated heterocycles. The topological polar surface area (TPSA) is 61.2 Å². The van der Waals surface area contributed by atoms with Crippen LogP contribution in [0, 0.1) is 13.8 Å². The fourth-order valence-corrected chi connectivity index (χ4v) is 4.04. The average Bonchev–Trinajstić information content (AvgIpc) is 2.90. The molecule has 25 heavy (non-hydrogen) atoms. The number of hydrogen-bond acceptors (Lipinski definition) is 5. The van der Waals surface area contributed by atoms with Crippen LogP contribution in [0.2, 0.25) is 0 Å². The van der Waals surface area contributed by atoms with Crippen LogP contribution in [0.25, 0.3) is 21.3 Å². The van der Waals surface area contributed by atoms with Crippen molar-refractivity contribution in [3.05, 3.63) is 45.3 Å². The van der Waals surface area contributed by atoms with Gasteiger partial charge in [-0.2, -0.15) is 0 Å². The Morgan fingerprint density at radius 2 is 2.08 bits per heavy atom. The van der Waals surface area contributed by atoms with Crippen molar-refractivity contribution in [3.8, 4) is 16.9 Å². The summed E-state index contributed by atoms with van der Waals surface area (Å²) >= 11 is 1.52. The maximum atomic E-state index is 13.1. The highest BCUT2D eigenvalue weighted by Gasteiger charge is 2.19. The number of thiophene rings is 1. The third-order valence-electron chi connectivity index (χ3n) is 4.22. The summed E-state index contributed by atoms with van der Waals surface area (Å²) in [6.07, 6.45) is 0.325. The first kappa shape index (κ1) is 17.4. The predicted octanol–water partition coefficient (Wildman–Crippen LogP) is 3.73. The number of carbonyl (C=O) groups excluding carboxylic acids is 1. The zero-order valence-electron chi connectivity index (χ0n) is 14.8. The molecule has 5 nitrogen and oxygen atoms in total. The lowest BCUT2D eigenvalue weighted by Crippen LogP contribution is -2.24. The van der Waals surface area contributed by atoms with Crippen molar-refractivity contribution in [1.82, 2.24) is 9.55 Å². The smallest absolute Gasteiger partial charge is 0.262 e. The zero-order valence-corrected chi connectivity index (χ0v) is 15.6. The molecule has 1 aromatic carbocycles. The molecule has 0 aliphatic heterocycles. The lowest BCUT2D eigenvalue weighted by Gasteiger charge is -2.09. The van der Waals surface area contributed by atoms with E-state index in [0.29, 0.717) is 24.2 Å². The molecule has 0 aliphatic rings. The molecule has 0 fully saturated rings. The first-order valence-electron chi connectivity index (χ1n) is 8.06. The molecule has 3 aromatic rings. The fraction of sp³-hybridized carbons (Fsp3) is 0.316. The number of Topliss-reactive ketones (excluding diaryl/α,β-unsaturated/α-hetero) is 1. The molecular weight excluding hydrogens is 336 g/mol. The lowest BCUT2D eigenvalue weighted by molar-refractivity contribution is -0.117. The molecule has 0 radical (unpaired) electrons. The van der Waals surface area contributed by atoms with E-state index in [9.17, 15) is 9.59 Å². The molecule has 2 heterocycles. The number of methoxy groups -OCH3 is 1. The van der Waals surface area contributed by atoms with Crippen LogP contribution in [0.5, 0.6) is 5.75 Å². The van der Waals surface area contributed by atoms with Crippen molar-refractivity contribution in [2.75, 3.05) is 7.11 Å². The van der Waals surface area contributed by atoms with Gasteiger partial charge in [-0.1, -0.05) is 12.1 Å². The number of ketones is 1. The van der Waals surface area contributed by atoms with Crippen LogP contribution < -0.4 is 10.3 Å². The van der Waals surface area contributed by atoms with Gasteiger partial charge in [0, 0.05) is 23.4 Å². The Balaban J connectivity index is 2.25. The van der Waals surface area contributed by atoms with E-state index in [0.717, 1.165) is 26.6 Å². The van der Waals surface area contributed by atoms with Crippen molar-refractivity contribution >= 4 is 27.3 Å². The second-order valence-electron chi connectivity index (χ2n) is 6.01. The van der Waals surface area contributed by atoms with Gasteiger partial charge in [-0.25, -0.2) is 4.98 Å². The zero-order chi connectivity index (χ0) is 18.1. The minimum Gasteiger partial charge on any atom is -0.497 e. The van der Waals surface area contributed by atoms with Crippen molar-refractivity contribution in [2.45, 2.75) is 33.7 Å². The molecule has 0 spiro atoms. The Morgan fingerprint density at radius 3 is 2.76 bits per heavy atom. The molecule has 0 N–H and O–H groups in total. The van der Waals surface area contributed by atoms with E-state index in [1.165, 1.54) is 18.3 Å². The highest BCUT2D eigenvalue weighted by Crippen LogP contribution is 2.36. The van der Waals surface area contributed by atoms with Crippen LogP contribution in [-0.4, -0.2) is 22.4 Å². The summed E-state index contributed by atoms with van der Waals surface area (Å²) in [7, 11) is 1.62. The summed E-state index contributed by atoms with van der Waals surface area (Å²) in [5, 5.41) is 0.616. The number of ether oxygens (including phenoxy) is 1. The lowest BCUT2D eigenvalue weighted by atomic mass is 10.0. The van der Waals surface area contributed by atoms with Gasteiger partial charge in [-0.3, -0.25) is 14.2 Å². The van der Waals surface area contributed by atoms with Crippen LogP contribution >= 0.6 is 11.3 Å². The molecule has 130 valence electrons. The van der Waals surface area contributed by atoms with Gasteiger partial charge < -0.3 is 4.74 Å². The highest BCUT2D eigenvalue weighted by molar-refractivity contribution is 7.19. The second kappa shape index (κ2) is 6.80. The number of aromatic nitrogens is 2. The second-order valence-corrected chi connectivity index (χ2v) is 7.22. The normalized spacial score (nSPS) is 11.0. The van der Waals surface area contributed by atoms with E-state index >= 15 is 0 Å². The van der Waals surface area contributed by atoms with Gasteiger partial charge in [0.2, 0.25) is 0 Å². The molecule has 0 bridgehead atoms. The van der Waals surface area contributed by atoms with Crippen molar-refractivity contribution in [3.63, 3.8) is 0 Å². The Kier molecular flexibility index (Phi) is 4.72. The molecule has 3 rings (SSSR count). The van der Waals surface area contributed by atoms with Gasteiger partial charge in [-0.15, -0.1) is 11.3 Å². The van der Waals surface area contributed by atoms with Gasteiger partial charge in [0.05, 0.1) is 12.5 Å². The van der Waals surface area contributed by atoms with E-state index in [2.05, 4.69) is 4.98 Å². The number of hydrogen-bond donors (Lipinski definition) is 0. The molecule has 0 atom stereocenters. The highest BCUT2D eigenvalue weighted by atomic mass is 32.1. The van der Waals surface area contributed by atoms with E-state index in [1.807, 2.05) is 31.2 Å². The van der Waals surface area contributed by atoms with E-state index in [4.69, 9.17) is 4.74 Å². The molecule has 0 saturated carbocycles. The number of carbonyl (C=O) groups is 1. The van der Waals surface area contributed by atoms with Gasteiger partial charge in [0.15, 0.2) is 0 Å². The van der Waals surface area contributed by atoms with Crippen LogP contribution in [0.1, 0.15) is 24.0 Å². The average molecular weight is 356 g/mol. The Labute approximate surface area is 149 Å². The van der Waals surface area contributed by atoms with Gasteiger partial charge in [0.1, 0.15) is 22.2 Å². The predicted molar refractivity (Wildman–Crippen MR) is 101 cm³/mol. The number of fused-ring (bicyclic) bond motifs is 1. The Hall–Kier alpha value is -2.47. The number of benzene rings is 1. The summed E-state index contributed by atoms with van der Waals surface area (Å²) in [5.41, 5.74) is 1.74. The van der Waals surface area contributed by atoms with Crippen molar-refractivity contribution in [2.24, 2.45) is 0 Å². The van der Waals surface area contributed by atoms with E-state index in [-0.39, 0.29) is 11.3 Å². The summed E-state index contributed by atoms with van der Waals surface area (Å²) in [6, 6.07) is 7.68. The standard InChI is InChI=1S/C19H20N2O3S/c1-11(22)8-9-21-13(3)20-18-17(19(21)23)16(12(2)25-18)14-6-5-7-15(10-14)24-4/h5-7,10H,8-9H2,1-4H3. The van der Waals surface area contributed by atoms with Gasteiger partial charge in [-0.05, 0) is 38.5 Å². The fourth-order valence-electron chi connectivity index (χ4n) is 2.96. The van der Waals surface area contributed by atoms with Gasteiger partial charge >= 0.3 is 0 Å². The van der Waals surface area contributed by atoms with Crippen LogP contribution in [0.15, 0.2) is 29.1 Å². The molecule has 2 aromatic heterocycles. The summed E-state index contributed by atoms with van der Waals surface area (Å²) in [5.74, 6) is 1.44. The number of nitrogens with zero attached hydrogens (tertiary/aromatic N) is 2. The Morgan fingerprint density at radius 1 is 1.32 bits per heavy atom. The first-order valence-corrected chi connectivity index (χ1v) is 8.88. The van der Waals surface area contributed by atoms with E-state index < -0.39 is 0 Å². The van der Waals surface area contributed by atoms with Crippen molar-refractivity contribution in [1.29, 1.82) is 0 Å². The van der Waals surface area contributed by atoms with E-state index in [1.54, 1.807) is 18.6 Å². The summed E-state index contributed by atoms with van der Waals surface area (Å²) < 4.78 is 6.91. The quantitative estimate of drug-likeness (QED) is 0.699. The maximum absolute atomic E-state index is 13.1. The van der Waals surface area contributed by atoms with Crippen molar-refractivity contribution < 1.29 is 9.53 Å². The summed E-state index contributed by atoms with van der Waals surface area (Å²) in [6.45, 7) is 5.69. The minimum absolute atomic E-state index is 0.0564. The summed E-state index contributed by atoms with van der Waals surface area (Å²) in [4.78, 5) is 30.8. The molecule has 0 unspecified atom stereocenters. The Bertz CT molecular complexity index is 1020. The van der Waals surface area contributed by atoms with Crippen LogP contribution in [0.3, 0.4) is 0 Å². The molecule has 6 heteroatoms. The van der Waals surface area contributed by atoms with Crippen LogP contribution in [-0.2, 0) is 11.3 Å². The first-order chi connectivity index (χ1) is 11.9. The number of rotatable bonds is 5. The van der Waals surface area contributed by atoms with Crippen LogP contribution in [0.4, 0.5) is 0 Å². The number of aryl methyl sites for hydroxylation is 2. The largest absolute Gasteiger partial charge is 0.497 e. The van der Waals surface area contributed by atoms with Gasteiger partial charge in [0.25, 0.3) is 5.56 Å². The molecular formula is C19H20N2O3S. The minimum atomic E-state index is -0.0917. The third kappa shape index (κ3) is 3.22. The SMILES string of the molecule is COc1cccc(-c2c(C)sc3nc(C)n(CCC(C)=O)c(=O)c23)c1. The molecule has 0 amide bonds. The third-order valence-corrected chi connectivity index (χ3v) is 5.22. The molecule has 0 aliphatic carbocycles. The monoisotopic (exact) mass is 356 g/mol. The maximum Gasteiger partial charge on any atom is 0.262 e.